The predicted octanol–water partition coefficient (Wildman–Crippen LogP) is 4.16. The largest absolute Gasteiger partial charge is 0.444 e. The molecule has 188 valence electrons. The van der Waals surface area contributed by atoms with E-state index in [1.807, 2.05) is 43.3 Å². The van der Waals surface area contributed by atoms with Gasteiger partial charge in [0.05, 0.1) is 17.7 Å². The first-order valence-electron chi connectivity index (χ1n) is 11.9. The van der Waals surface area contributed by atoms with E-state index in [-0.39, 0.29) is 12.8 Å². The van der Waals surface area contributed by atoms with E-state index in [1.165, 1.54) is 0 Å². The molecular formula is C28H32N4O4. The van der Waals surface area contributed by atoms with Crippen LogP contribution in [-0.2, 0) is 20.7 Å². The molecule has 8 nitrogen and oxygen atoms in total. The van der Waals surface area contributed by atoms with Crippen LogP contribution in [0, 0.1) is 29.6 Å². The Balaban J connectivity index is 1.69. The molecule has 1 aliphatic rings. The fraction of sp³-hybridized carbons (Fsp3) is 0.429. The van der Waals surface area contributed by atoms with E-state index in [1.54, 1.807) is 26.8 Å². The fourth-order valence-electron chi connectivity index (χ4n) is 4.09. The Morgan fingerprint density at radius 3 is 2.28 bits per heavy atom. The van der Waals surface area contributed by atoms with Crippen molar-refractivity contribution in [1.29, 1.82) is 10.5 Å². The molecule has 1 aliphatic heterocycles. The molecule has 1 heterocycles. The van der Waals surface area contributed by atoms with Crippen LogP contribution in [0.3, 0.4) is 0 Å². The molecular weight excluding hydrogens is 456 g/mol. The molecule has 2 N–H and O–H groups in total. The number of carbonyl (C=O) groups is 2. The van der Waals surface area contributed by atoms with E-state index in [4.69, 9.17) is 14.7 Å². The van der Waals surface area contributed by atoms with Gasteiger partial charge in [0.25, 0.3) is 0 Å². The summed E-state index contributed by atoms with van der Waals surface area (Å²) in [6.07, 6.45) is 0.208. The third-order valence-electron chi connectivity index (χ3n) is 6.06. The molecule has 0 radical (unpaired) electrons. The Morgan fingerprint density at radius 1 is 1.08 bits per heavy atom. The number of nitrogens with one attached hydrogen (secondary N) is 2. The summed E-state index contributed by atoms with van der Waals surface area (Å²) in [5.41, 5.74) is 2.53. The molecule has 36 heavy (non-hydrogen) atoms. The first-order valence-corrected chi connectivity index (χ1v) is 11.9. The lowest BCUT2D eigenvalue weighted by molar-refractivity contribution is -0.132. The summed E-state index contributed by atoms with van der Waals surface area (Å²) in [5.74, 6) is -0.423. The number of hydrogen-bond acceptors (Lipinski definition) is 6. The Hall–Kier alpha value is -3.88. The number of carbonyl (C=O) groups excluding carboxylic acids is 2. The standard InChI is InChI=1S/C28H32N4O4/c1-19-15-22(9-10-23(19)17-29)21-7-5-20(6-8-21)16-24(18-30)31-25(33)28(11-13-35-14-12-28)32-26(34)36-27(2,3)4/h5-10,15,24H,11-14,16H2,1-4H3,(H,31,33)(H,32,34). The van der Waals surface area contributed by atoms with Gasteiger partial charge < -0.3 is 20.1 Å². The van der Waals surface area contributed by atoms with Crippen LogP contribution in [0.1, 0.15) is 50.3 Å². The third kappa shape index (κ3) is 6.84. The first kappa shape index (κ1) is 26.7. The van der Waals surface area contributed by atoms with Crippen molar-refractivity contribution < 1.29 is 19.1 Å². The number of rotatable bonds is 6. The molecule has 0 bridgehead atoms. The van der Waals surface area contributed by atoms with Gasteiger partial charge in [-0.05, 0) is 56.0 Å². The minimum Gasteiger partial charge on any atom is -0.444 e. The number of nitriles is 2. The van der Waals surface area contributed by atoms with Crippen molar-refractivity contribution in [1.82, 2.24) is 10.6 Å². The van der Waals surface area contributed by atoms with Gasteiger partial charge in [-0.2, -0.15) is 10.5 Å². The van der Waals surface area contributed by atoms with Crippen molar-refractivity contribution in [3.8, 4) is 23.3 Å². The quantitative estimate of drug-likeness (QED) is 0.629. The van der Waals surface area contributed by atoms with E-state index in [2.05, 4.69) is 22.8 Å². The minimum atomic E-state index is -1.20. The molecule has 3 rings (SSSR count). The maximum atomic E-state index is 13.3. The Kier molecular flexibility index (Phi) is 8.34. The van der Waals surface area contributed by atoms with Gasteiger partial charge in [-0.15, -0.1) is 0 Å². The lowest BCUT2D eigenvalue weighted by atomic mass is 9.88. The zero-order valence-corrected chi connectivity index (χ0v) is 21.2. The van der Waals surface area contributed by atoms with Crippen molar-refractivity contribution in [3.63, 3.8) is 0 Å². The molecule has 2 aromatic rings. The Labute approximate surface area is 212 Å². The number of aryl methyl sites for hydroxylation is 1. The van der Waals surface area contributed by atoms with E-state index < -0.39 is 29.2 Å². The normalized spacial score (nSPS) is 15.6. The van der Waals surface area contributed by atoms with Crippen LogP contribution < -0.4 is 10.6 Å². The summed E-state index contributed by atoms with van der Waals surface area (Å²) in [5, 5.41) is 24.4. The highest BCUT2D eigenvalue weighted by Gasteiger charge is 2.43. The number of nitrogens with zero attached hydrogens (tertiary/aromatic N) is 2. The van der Waals surface area contributed by atoms with Crippen LogP contribution in [0.5, 0.6) is 0 Å². The lowest BCUT2D eigenvalue weighted by Crippen LogP contribution is -2.63. The third-order valence-corrected chi connectivity index (χ3v) is 6.06. The van der Waals surface area contributed by atoms with Gasteiger partial charge >= 0.3 is 6.09 Å². The predicted molar refractivity (Wildman–Crippen MR) is 135 cm³/mol. The van der Waals surface area contributed by atoms with Crippen molar-refractivity contribution in [3.05, 3.63) is 59.2 Å². The van der Waals surface area contributed by atoms with Crippen LogP contribution >= 0.6 is 0 Å². The van der Waals surface area contributed by atoms with Gasteiger partial charge in [0, 0.05) is 32.5 Å². The Bertz CT molecular complexity index is 1180. The molecule has 0 aliphatic carbocycles. The zero-order chi connectivity index (χ0) is 26.3. The van der Waals surface area contributed by atoms with Gasteiger partial charge in [-0.25, -0.2) is 4.79 Å². The van der Waals surface area contributed by atoms with Crippen LogP contribution in [0.2, 0.25) is 0 Å². The molecule has 1 fully saturated rings. The monoisotopic (exact) mass is 488 g/mol. The highest BCUT2D eigenvalue weighted by molar-refractivity contribution is 5.90. The van der Waals surface area contributed by atoms with Crippen LogP contribution in [0.25, 0.3) is 11.1 Å². The minimum absolute atomic E-state index is 0.287. The average Bonchev–Trinajstić information content (AvgIpc) is 2.83. The molecule has 0 saturated carbocycles. The number of ether oxygens (including phenoxy) is 2. The molecule has 2 aromatic carbocycles. The van der Waals surface area contributed by atoms with Gasteiger partial charge in [-0.1, -0.05) is 36.4 Å². The van der Waals surface area contributed by atoms with E-state index in [0.717, 1.165) is 22.3 Å². The fourth-order valence-corrected chi connectivity index (χ4v) is 4.09. The summed E-state index contributed by atoms with van der Waals surface area (Å²) in [4.78, 5) is 25.7. The molecule has 1 unspecified atom stereocenters. The molecule has 2 amide bonds. The van der Waals surface area contributed by atoms with Gasteiger partial charge in [0.15, 0.2) is 0 Å². The smallest absolute Gasteiger partial charge is 0.408 e. The van der Waals surface area contributed by atoms with Gasteiger partial charge in [0.1, 0.15) is 17.2 Å². The van der Waals surface area contributed by atoms with Crippen LogP contribution in [-0.4, -0.2) is 42.4 Å². The molecule has 8 heteroatoms. The van der Waals surface area contributed by atoms with E-state index >= 15 is 0 Å². The molecule has 0 aromatic heterocycles. The second kappa shape index (κ2) is 11.2. The maximum Gasteiger partial charge on any atom is 0.408 e. The van der Waals surface area contributed by atoms with Crippen molar-refractivity contribution in [2.45, 2.75) is 64.1 Å². The summed E-state index contributed by atoms with van der Waals surface area (Å²) in [6, 6.07) is 17.0. The maximum absolute atomic E-state index is 13.3. The lowest BCUT2D eigenvalue weighted by Gasteiger charge is -2.37. The number of benzene rings is 2. The second-order valence-corrected chi connectivity index (χ2v) is 10.0. The van der Waals surface area contributed by atoms with Crippen molar-refractivity contribution in [2.24, 2.45) is 0 Å². The highest BCUT2D eigenvalue weighted by atomic mass is 16.6. The number of amides is 2. The SMILES string of the molecule is Cc1cc(-c2ccc(CC(C#N)NC(=O)C3(NC(=O)OC(C)(C)C)CCOCC3)cc2)ccc1C#N. The average molecular weight is 489 g/mol. The first-order chi connectivity index (χ1) is 17.0. The van der Waals surface area contributed by atoms with Crippen molar-refractivity contribution in [2.75, 3.05) is 13.2 Å². The molecule has 0 spiro atoms. The second-order valence-electron chi connectivity index (χ2n) is 10.0. The van der Waals surface area contributed by atoms with E-state index in [0.29, 0.717) is 25.2 Å². The van der Waals surface area contributed by atoms with Gasteiger partial charge in [-0.3, -0.25) is 4.79 Å². The van der Waals surface area contributed by atoms with Crippen LogP contribution in [0.4, 0.5) is 4.79 Å². The van der Waals surface area contributed by atoms with Crippen LogP contribution in [0.15, 0.2) is 42.5 Å². The zero-order valence-electron chi connectivity index (χ0n) is 21.2. The highest BCUT2D eigenvalue weighted by Crippen LogP contribution is 2.24. The van der Waals surface area contributed by atoms with Crippen molar-refractivity contribution >= 4 is 12.0 Å². The summed E-state index contributed by atoms with van der Waals surface area (Å²) < 4.78 is 10.8. The molecule has 1 atom stereocenters. The topological polar surface area (TPSA) is 124 Å². The number of alkyl carbamates (subject to hydrolysis) is 1. The van der Waals surface area contributed by atoms with E-state index in [9.17, 15) is 14.9 Å². The number of hydrogen-bond donors (Lipinski definition) is 2. The Morgan fingerprint density at radius 2 is 1.72 bits per heavy atom. The summed E-state index contributed by atoms with van der Waals surface area (Å²) >= 11 is 0. The molecule has 1 saturated heterocycles. The summed E-state index contributed by atoms with van der Waals surface area (Å²) in [7, 11) is 0. The van der Waals surface area contributed by atoms with Gasteiger partial charge in [0.2, 0.25) is 5.91 Å². The summed E-state index contributed by atoms with van der Waals surface area (Å²) in [6.45, 7) is 7.79.